The summed E-state index contributed by atoms with van der Waals surface area (Å²) in [7, 11) is 0. The van der Waals surface area contributed by atoms with E-state index in [1.54, 1.807) is 6.92 Å². The largest absolute Gasteiger partial charge is 0.350 e. The van der Waals surface area contributed by atoms with E-state index in [0.717, 1.165) is 45.2 Å². The number of aryl methyl sites for hydroxylation is 1. The van der Waals surface area contributed by atoms with Gasteiger partial charge in [0.2, 0.25) is 5.91 Å². The quantitative estimate of drug-likeness (QED) is 0.852. The van der Waals surface area contributed by atoms with E-state index in [-0.39, 0.29) is 18.0 Å². The molecule has 1 atom stereocenters. The molecule has 1 saturated heterocycles. The summed E-state index contributed by atoms with van der Waals surface area (Å²) in [6, 6.07) is 2.65. The highest BCUT2D eigenvalue weighted by Gasteiger charge is 2.40. The van der Waals surface area contributed by atoms with Gasteiger partial charge in [0, 0.05) is 12.1 Å². The number of rotatable bonds is 6. The maximum absolute atomic E-state index is 14.1. The molecule has 5 heteroatoms. The fraction of sp³-hybridized carbons (Fsp3) is 0.632. The Balaban J connectivity index is 2.09. The molecule has 0 bridgehead atoms. The molecule has 0 radical (unpaired) electrons. The predicted octanol–water partition coefficient (Wildman–Crippen LogP) is 3.93. The fourth-order valence-corrected chi connectivity index (χ4v) is 3.38. The average Bonchev–Trinajstić information content (AvgIpc) is 2.57. The summed E-state index contributed by atoms with van der Waals surface area (Å²) in [5, 5.41) is 2.76. The molecule has 0 aliphatic carbocycles. The molecule has 1 unspecified atom stereocenters. The van der Waals surface area contributed by atoms with Gasteiger partial charge in [-0.25, -0.2) is 8.78 Å². The number of carbonyl (C=O) groups is 1. The molecule has 1 aromatic carbocycles. The molecule has 1 heterocycles. The Morgan fingerprint density at radius 3 is 2.79 bits per heavy atom. The minimum Gasteiger partial charge on any atom is -0.350 e. The number of nitrogens with one attached hydrogen (secondary N) is 1. The summed E-state index contributed by atoms with van der Waals surface area (Å²) in [5.74, 6) is -1.33. The number of carbonyl (C=O) groups excluding carboxylic acids is 1. The molecular weight excluding hydrogens is 310 g/mol. The van der Waals surface area contributed by atoms with Gasteiger partial charge in [0.15, 0.2) is 0 Å². The van der Waals surface area contributed by atoms with Crippen LogP contribution in [0, 0.1) is 18.6 Å². The molecule has 1 aliphatic rings. The van der Waals surface area contributed by atoms with E-state index in [9.17, 15) is 13.6 Å². The zero-order valence-electron chi connectivity index (χ0n) is 14.9. The molecule has 0 saturated carbocycles. The van der Waals surface area contributed by atoms with Gasteiger partial charge in [0.25, 0.3) is 0 Å². The van der Waals surface area contributed by atoms with Gasteiger partial charge < -0.3 is 5.32 Å². The van der Waals surface area contributed by atoms with E-state index in [4.69, 9.17) is 0 Å². The van der Waals surface area contributed by atoms with Crippen molar-refractivity contribution in [2.45, 2.75) is 65.0 Å². The van der Waals surface area contributed by atoms with Crippen LogP contribution >= 0.6 is 0 Å². The van der Waals surface area contributed by atoms with E-state index in [1.165, 1.54) is 12.1 Å². The molecule has 24 heavy (non-hydrogen) atoms. The number of unbranched alkanes of at least 4 members (excludes halogenated alkanes) is 1. The Bertz CT molecular complexity index is 591. The lowest BCUT2D eigenvalue weighted by atomic mass is 9.87. The van der Waals surface area contributed by atoms with Gasteiger partial charge in [-0.05, 0) is 64.3 Å². The molecule has 1 amide bonds. The number of amides is 1. The topological polar surface area (TPSA) is 32.3 Å². The van der Waals surface area contributed by atoms with E-state index in [0.29, 0.717) is 5.56 Å². The van der Waals surface area contributed by atoms with Crippen LogP contribution < -0.4 is 5.32 Å². The van der Waals surface area contributed by atoms with E-state index in [2.05, 4.69) is 17.1 Å². The van der Waals surface area contributed by atoms with Gasteiger partial charge in [0.05, 0.1) is 5.54 Å². The number of benzene rings is 1. The number of nitrogens with zero attached hydrogens (tertiary/aromatic N) is 1. The third kappa shape index (κ3) is 3.94. The first-order valence-corrected chi connectivity index (χ1v) is 8.87. The minimum atomic E-state index is -0.616. The Kier molecular flexibility index (Phi) is 6.33. The minimum absolute atomic E-state index is 0.0668. The summed E-state index contributed by atoms with van der Waals surface area (Å²) in [5.41, 5.74) is -0.276. The molecule has 0 spiro atoms. The number of halogens is 2. The average molecular weight is 338 g/mol. The third-order valence-corrected chi connectivity index (χ3v) is 5.12. The standard InChI is InChI=1S/C19H28F2N2O/c1-4-5-11-23-12-7-6-10-19(23,3)18(24)22-13-15-16(20)9-8-14(2)17(15)21/h8-9H,4-7,10-13H2,1-3H3,(H,22,24). The first-order valence-electron chi connectivity index (χ1n) is 8.87. The second kappa shape index (κ2) is 8.06. The van der Waals surface area contributed by atoms with Gasteiger partial charge in [-0.3, -0.25) is 9.69 Å². The first kappa shape index (κ1) is 18.8. The lowest BCUT2D eigenvalue weighted by molar-refractivity contribution is -0.135. The SMILES string of the molecule is CCCCN1CCCCC1(C)C(=O)NCc1c(F)ccc(C)c1F. The third-order valence-electron chi connectivity index (χ3n) is 5.12. The number of hydrogen-bond donors (Lipinski definition) is 1. The summed E-state index contributed by atoms with van der Waals surface area (Å²) in [4.78, 5) is 15.0. The second-order valence-electron chi connectivity index (χ2n) is 6.91. The zero-order valence-corrected chi connectivity index (χ0v) is 14.9. The maximum atomic E-state index is 14.1. The smallest absolute Gasteiger partial charge is 0.240 e. The van der Waals surface area contributed by atoms with Crippen molar-refractivity contribution in [1.82, 2.24) is 10.2 Å². The Labute approximate surface area is 143 Å². The lowest BCUT2D eigenvalue weighted by Gasteiger charge is -2.43. The molecule has 1 fully saturated rings. The Morgan fingerprint density at radius 2 is 2.08 bits per heavy atom. The van der Waals surface area contributed by atoms with Crippen molar-refractivity contribution in [3.8, 4) is 0 Å². The summed E-state index contributed by atoms with van der Waals surface area (Å²) < 4.78 is 28.0. The van der Waals surface area contributed by atoms with Crippen LogP contribution in [0.2, 0.25) is 0 Å². The predicted molar refractivity (Wildman–Crippen MR) is 91.7 cm³/mol. The highest BCUT2D eigenvalue weighted by atomic mass is 19.1. The van der Waals surface area contributed by atoms with Crippen LogP contribution in [0.25, 0.3) is 0 Å². The lowest BCUT2D eigenvalue weighted by Crippen LogP contribution is -2.59. The van der Waals surface area contributed by atoms with Crippen molar-refractivity contribution in [3.05, 3.63) is 34.9 Å². The molecule has 3 nitrogen and oxygen atoms in total. The van der Waals surface area contributed by atoms with Crippen LogP contribution in [0.4, 0.5) is 8.78 Å². The maximum Gasteiger partial charge on any atom is 0.240 e. The molecule has 1 N–H and O–H groups in total. The summed E-state index contributed by atoms with van der Waals surface area (Å²) in [6.45, 7) is 7.33. The van der Waals surface area contributed by atoms with Gasteiger partial charge >= 0.3 is 0 Å². The second-order valence-corrected chi connectivity index (χ2v) is 6.91. The zero-order chi connectivity index (χ0) is 17.7. The van der Waals surface area contributed by atoms with Gasteiger partial charge in [-0.15, -0.1) is 0 Å². The van der Waals surface area contributed by atoms with Crippen molar-refractivity contribution in [3.63, 3.8) is 0 Å². The van der Waals surface area contributed by atoms with Crippen molar-refractivity contribution < 1.29 is 13.6 Å². The van der Waals surface area contributed by atoms with Crippen LogP contribution in [0.3, 0.4) is 0 Å². The van der Waals surface area contributed by atoms with Crippen molar-refractivity contribution in [2.75, 3.05) is 13.1 Å². The number of hydrogen-bond acceptors (Lipinski definition) is 2. The van der Waals surface area contributed by atoms with E-state index in [1.807, 2.05) is 6.92 Å². The molecule has 1 aliphatic heterocycles. The van der Waals surface area contributed by atoms with Crippen molar-refractivity contribution in [1.29, 1.82) is 0 Å². The highest BCUT2D eigenvalue weighted by Crippen LogP contribution is 2.29. The normalized spacial score (nSPS) is 21.7. The first-order chi connectivity index (χ1) is 11.4. The Morgan fingerprint density at radius 1 is 1.33 bits per heavy atom. The van der Waals surface area contributed by atoms with E-state index >= 15 is 0 Å². The highest BCUT2D eigenvalue weighted by molar-refractivity contribution is 5.86. The summed E-state index contributed by atoms with van der Waals surface area (Å²) >= 11 is 0. The number of likely N-dealkylation sites (tertiary alicyclic amines) is 1. The van der Waals surface area contributed by atoms with Crippen molar-refractivity contribution in [2.24, 2.45) is 0 Å². The monoisotopic (exact) mass is 338 g/mol. The molecule has 0 aromatic heterocycles. The van der Waals surface area contributed by atoms with Crippen LogP contribution in [-0.4, -0.2) is 29.4 Å². The summed E-state index contributed by atoms with van der Waals surface area (Å²) in [6.07, 6.45) is 4.99. The molecule has 134 valence electrons. The molecule has 1 aromatic rings. The van der Waals surface area contributed by atoms with Crippen LogP contribution in [0.1, 0.15) is 57.1 Å². The molecular formula is C19H28F2N2O. The van der Waals surface area contributed by atoms with Gasteiger partial charge in [-0.1, -0.05) is 19.4 Å². The Hall–Kier alpha value is -1.49. The van der Waals surface area contributed by atoms with Crippen LogP contribution in [0.5, 0.6) is 0 Å². The van der Waals surface area contributed by atoms with Crippen molar-refractivity contribution >= 4 is 5.91 Å². The van der Waals surface area contributed by atoms with Crippen LogP contribution in [-0.2, 0) is 11.3 Å². The fourth-order valence-electron chi connectivity index (χ4n) is 3.38. The van der Waals surface area contributed by atoms with Gasteiger partial charge in [0.1, 0.15) is 11.6 Å². The van der Waals surface area contributed by atoms with Crippen LogP contribution in [0.15, 0.2) is 12.1 Å². The number of piperidine rings is 1. The molecule has 2 rings (SSSR count). The van der Waals surface area contributed by atoms with E-state index < -0.39 is 17.2 Å². The van der Waals surface area contributed by atoms with Gasteiger partial charge in [-0.2, -0.15) is 0 Å².